The Hall–Kier alpha value is -1.66. The molecule has 0 aliphatic rings. The van der Waals surface area contributed by atoms with E-state index in [1.807, 2.05) is 0 Å². The average Bonchev–Trinajstić information content (AvgIpc) is 2.98. The Morgan fingerprint density at radius 2 is 1.93 bits per heavy atom. The van der Waals surface area contributed by atoms with E-state index in [1.165, 1.54) is 17.5 Å². The quantitative estimate of drug-likeness (QED) is 0.474. The summed E-state index contributed by atoms with van der Waals surface area (Å²) in [6.07, 6.45) is 2.87. The van der Waals surface area contributed by atoms with Gasteiger partial charge in [-0.25, -0.2) is 0 Å². The van der Waals surface area contributed by atoms with E-state index in [2.05, 4.69) is 5.32 Å². The van der Waals surface area contributed by atoms with Crippen molar-refractivity contribution >= 4 is 64.2 Å². The second-order valence-corrected chi connectivity index (χ2v) is 9.14. The SMILES string of the molecule is O=C(NC=Cc1ccccc1Cl)C(c1csc2ccc(Cl)cc12)P(=O)(O)O. The average molecular weight is 442 g/mol. The Morgan fingerprint density at radius 3 is 2.63 bits per heavy atom. The Balaban J connectivity index is 1.91. The minimum atomic E-state index is -4.77. The fourth-order valence-corrected chi connectivity index (χ4v) is 5.01. The largest absolute Gasteiger partial charge is 0.342 e. The summed E-state index contributed by atoms with van der Waals surface area (Å²) >= 11 is 13.3. The van der Waals surface area contributed by atoms with Gasteiger partial charge in [0.05, 0.1) is 0 Å². The summed E-state index contributed by atoms with van der Waals surface area (Å²) in [5.41, 5.74) is -0.727. The fraction of sp³-hybridized carbons (Fsp3) is 0.0556. The number of carbonyl (C=O) groups is 1. The molecule has 1 amide bonds. The van der Waals surface area contributed by atoms with Crippen LogP contribution in [0, 0.1) is 0 Å². The topological polar surface area (TPSA) is 86.6 Å². The van der Waals surface area contributed by atoms with E-state index in [9.17, 15) is 19.1 Å². The molecule has 3 N–H and O–H groups in total. The molecule has 0 bridgehead atoms. The van der Waals surface area contributed by atoms with Crippen LogP contribution in [0.4, 0.5) is 0 Å². The molecule has 2 aromatic carbocycles. The molecular formula is C18H14Cl2NO4PS. The summed E-state index contributed by atoms with van der Waals surface area (Å²) in [5, 5.41) is 5.47. The molecule has 0 aliphatic carbocycles. The van der Waals surface area contributed by atoms with E-state index in [0.29, 0.717) is 21.0 Å². The lowest BCUT2D eigenvalue weighted by Gasteiger charge is -2.16. The highest BCUT2D eigenvalue weighted by Gasteiger charge is 2.38. The molecule has 140 valence electrons. The van der Waals surface area contributed by atoms with Crippen LogP contribution in [0.3, 0.4) is 0 Å². The van der Waals surface area contributed by atoms with E-state index in [4.69, 9.17) is 23.2 Å². The maximum Gasteiger partial charge on any atom is 0.342 e. The van der Waals surface area contributed by atoms with Crippen LogP contribution in [-0.4, -0.2) is 15.7 Å². The Bertz CT molecular complexity index is 1080. The van der Waals surface area contributed by atoms with Crippen LogP contribution in [0.2, 0.25) is 10.0 Å². The first kappa shape index (κ1) is 20.1. The number of halogens is 2. The maximum atomic E-state index is 12.6. The Morgan fingerprint density at radius 1 is 1.19 bits per heavy atom. The molecule has 9 heteroatoms. The second-order valence-electron chi connectivity index (χ2n) is 5.69. The number of benzene rings is 2. The summed E-state index contributed by atoms with van der Waals surface area (Å²) in [4.78, 5) is 32.1. The number of thiophene rings is 1. The van der Waals surface area contributed by atoms with Crippen molar-refractivity contribution in [2.24, 2.45) is 0 Å². The number of hydrogen-bond acceptors (Lipinski definition) is 3. The minimum Gasteiger partial charge on any atom is -0.332 e. The van der Waals surface area contributed by atoms with Crippen LogP contribution in [0.1, 0.15) is 16.8 Å². The molecule has 0 spiro atoms. The number of amides is 1. The third-order valence-electron chi connectivity index (χ3n) is 3.84. The van der Waals surface area contributed by atoms with Crippen molar-refractivity contribution < 1.29 is 19.1 Å². The first-order valence-electron chi connectivity index (χ1n) is 7.70. The highest BCUT2D eigenvalue weighted by molar-refractivity contribution is 7.53. The van der Waals surface area contributed by atoms with Crippen molar-refractivity contribution in [3.8, 4) is 0 Å². The van der Waals surface area contributed by atoms with E-state index in [1.54, 1.807) is 53.9 Å². The lowest BCUT2D eigenvalue weighted by Crippen LogP contribution is -2.25. The molecule has 0 saturated carbocycles. The van der Waals surface area contributed by atoms with Gasteiger partial charge >= 0.3 is 7.60 Å². The highest BCUT2D eigenvalue weighted by atomic mass is 35.5. The fourth-order valence-electron chi connectivity index (χ4n) is 2.61. The summed E-state index contributed by atoms with van der Waals surface area (Å²) in [5.74, 6) is -0.814. The lowest BCUT2D eigenvalue weighted by molar-refractivity contribution is -0.120. The predicted molar refractivity (Wildman–Crippen MR) is 110 cm³/mol. The number of fused-ring (bicyclic) bond motifs is 1. The van der Waals surface area contributed by atoms with Crippen LogP contribution in [0.15, 0.2) is 54.0 Å². The first-order valence-corrected chi connectivity index (χ1v) is 11.0. The van der Waals surface area contributed by atoms with Gasteiger partial charge in [0.25, 0.3) is 0 Å². The maximum absolute atomic E-state index is 12.6. The van der Waals surface area contributed by atoms with Gasteiger partial charge in [0, 0.05) is 20.9 Å². The van der Waals surface area contributed by atoms with Crippen molar-refractivity contribution in [2.45, 2.75) is 5.66 Å². The molecule has 3 aromatic rings. The minimum absolute atomic E-state index is 0.245. The van der Waals surface area contributed by atoms with Gasteiger partial charge < -0.3 is 15.1 Å². The molecule has 0 fully saturated rings. The summed E-state index contributed by atoms with van der Waals surface area (Å²) in [6.45, 7) is 0. The van der Waals surface area contributed by atoms with Crippen molar-refractivity contribution in [3.63, 3.8) is 0 Å². The van der Waals surface area contributed by atoms with Gasteiger partial charge in [-0.2, -0.15) is 0 Å². The standard InChI is InChI=1S/C18H14Cl2NO4PS/c19-12-5-6-16-13(9-12)14(10-27-16)17(26(23,24)25)18(22)21-8-7-11-3-1-2-4-15(11)20/h1-10,17H,(H,21,22)(H2,23,24,25). The number of nitrogens with one attached hydrogen (secondary N) is 1. The molecule has 0 aliphatic heterocycles. The van der Waals surface area contributed by atoms with Crippen molar-refractivity contribution in [1.82, 2.24) is 5.32 Å². The molecule has 0 saturated heterocycles. The molecular weight excluding hydrogens is 428 g/mol. The Kier molecular flexibility index (Phi) is 6.06. The van der Waals surface area contributed by atoms with E-state index < -0.39 is 19.2 Å². The first-order chi connectivity index (χ1) is 12.8. The van der Waals surface area contributed by atoms with Gasteiger partial charge in [0.2, 0.25) is 5.91 Å². The lowest BCUT2D eigenvalue weighted by atomic mass is 10.1. The van der Waals surface area contributed by atoms with Gasteiger partial charge in [-0.1, -0.05) is 41.4 Å². The van der Waals surface area contributed by atoms with E-state index in [-0.39, 0.29) is 5.56 Å². The van der Waals surface area contributed by atoms with Crippen molar-refractivity contribution in [2.75, 3.05) is 0 Å². The van der Waals surface area contributed by atoms with Crippen LogP contribution >= 0.6 is 42.1 Å². The normalized spacial score (nSPS) is 13.2. The second kappa shape index (κ2) is 8.15. The van der Waals surface area contributed by atoms with Gasteiger partial charge in [-0.15, -0.1) is 11.3 Å². The molecule has 1 heterocycles. The van der Waals surface area contributed by atoms with Crippen LogP contribution < -0.4 is 5.32 Å². The summed E-state index contributed by atoms with van der Waals surface area (Å²) < 4.78 is 12.8. The van der Waals surface area contributed by atoms with Crippen LogP contribution in [0.25, 0.3) is 16.2 Å². The molecule has 3 rings (SSSR count). The zero-order chi connectivity index (χ0) is 19.6. The predicted octanol–water partition coefficient (Wildman–Crippen LogP) is 5.21. The Labute approximate surface area is 169 Å². The zero-order valence-corrected chi connectivity index (χ0v) is 16.9. The third-order valence-corrected chi connectivity index (χ3v) is 6.58. The number of carbonyl (C=O) groups excluding carboxylic acids is 1. The molecule has 1 unspecified atom stereocenters. The van der Waals surface area contributed by atoms with Crippen molar-refractivity contribution in [1.29, 1.82) is 0 Å². The molecule has 1 aromatic heterocycles. The van der Waals surface area contributed by atoms with E-state index >= 15 is 0 Å². The number of hydrogen-bond donors (Lipinski definition) is 3. The zero-order valence-electron chi connectivity index (χ0n) is 13.7. The number of rotatable bonds is 5. The van der Waals surface area contributed by atoms with Crippen LogP contribution in [0.5, 0.6) is 0 Å². The molecule has 27 heavy (non-hydrogen) atoms. The summed E-state index contributed by atoms with van der Waals surface area (Å²) in [6, 6.07) is 12.0. The highest BCUT2D eigenvalue weighted by Crippen LogP contribution is 2.54. The molecule has 1 atom stereocenters. The van der Waals surface area contributed by atoms with Crippen molar-refractivity contribution in [3.05, 3.63) is 75.2 Å². The monoisotopic (exact) mass is 441 g/mol. The van der Waals surface area contributed by atoms with Crippen LogP contribution in [-0.2, 0) is 9.36 Å². The smallest absolute Gasteiger partial charge is 0.332 e. The summed E-state index contributed by atoms with van der Waals surface area (Å²) in [7, 11) is -4.77. The molecule has 5 nitrogen and oxygen atoms in total. The third kappa shape index (κ3) is 4.61. The van der Waals surface area contributed by atoms with Gasteiger partial charge in [-0.3, -0.25) is 9.36 Å². The van der Waals surface area contributed by atoms with Gasteiger partial charge in [0.1, 0.15) is 0 Å². The van der Waals surface area contributed by atoms with E-state index in [0.717, 1.165) is 4.70 Å². The van der Waals surface area contributed by atoms with Gasteiger partial charge in [0.15, 0.2) is 5.66 Å². The molecule has 0 radical (unpaired) electrons. The van der Waals surface area contributed by atoms with Gasteiger partial charge in [-0.05, 0) is 52.2 Å².